The molecule has 2 aromatic rings. The van der Waals surface area contributed by atoms with Crippen molar-refractivity contribution in [1.29, 1.82) is 0 Å². The number of para-hydroxylation sites is 1. The van der Waals surface area contributed by atoms with Gasteiger partial charge in [0.2, 0.25) is 0 Å². The van der Waals surface area contributed by atoms with Crippen LogP contribution in [0.5, 0.6) is 0 Å². The van der Waals surface area contributed by atoms with Crippen LogP contribution in [0.1, 0.15) is 43.1 Å². The minimum Gasteiger partial charge on any atom is -0.351 e. The molecule has 0 saturated heterocycles. The van der Waals surface area contributed by atoms with E-state index in [1.165, 1.54) is 12.8 Å². The molecule has 2 unspecified atom stereocenters. The van der Waals surface area contributed by atoms with Crippen molar-refractivity contribution < 1.29 is 4.79 Å². The highest BCUT2D eigenvalue weighted by Gasteiger charge is 2.21. The van der Waals surface area contributed by atoms with Crippen LogP contribution in [0.4, 0.5) is 0 Å². The molecule has 2 atom stereocenters. The van der Waals surface area contributed by atoms with Crippen LogP contribution in [0.2, 0.25) is 0 Å². The maximum absolute atomic E-state index is 12.2. The van der Waals surface area contributed by atoms with Crippen molar-refractivity contribution in [1.82, 2.24) is 10.3 Å². The van der Waals surface area contributed by atoms with Gasteiger partial charge in [-0.15, -0.1) is 0 Å². The van der Waals surface area contributed by atoms with E-state index in [1.54, 1.807) is 0 Å². The van der Waals surface area contributed by atoms with Crippen molar-refractivity contribution in [3.63, 3.8) is 0 Å². The highest BCUT2D eigenvalue weighted by molar-refractivity contribution is 5.98. The fourth-order valence-electron chi connectivity index (χ4n) is 3.02. The highest BCUT2D eigenvalue weighted by atomic mass is 16.1. The van der Waals surface area contributed by atoms with E-state index in [2.05, 4.69) is 17.2 Å². The van der Waals surface area contributed by atoms with E-state index in [9.17, 15) is 4.79 Å². The van der Waals surface area contributed by atoms with Gasteiger partial charge >= 0.3 is 0 Å². The zero-order chi connectivity index (χ0) is 13.2. The summed E-state index contributed by atoms with van der Waals surface area (Å²) in [5.74, 6) is 0.747. The molecule has 100 valence electrons. The summed E-state index contributed by atoms with van der Waals surface area (Å²) in [6.45, 7) is 2.27. The number of rotatable bonds is 2. The monoisotopic (exact) mass is 256 g/mol. The van der Waals surface area contributed by atoms with Crippen molar-refractivity contribution in [3.8, 4) is 0 Å². The molecule has 1 aliphatic carbocycles. The molecule has 0 radical (unpaired) electrons. The van der Waals surface area contributed by atoms with Gasteiger partial charge < -0.3 is 10.3 Å². The largest absolute Gasteiger partial charge is 0.351 e. The molecule has 2 N–H and O–H groups in total. The van der Waals surface area contributed by atoms with Crippen molar-refractivity contribution in [3.05, 3.63) is 36.0 Å². The third-order valence-electron chi connectivity index (χ3n) is 4.05. The van der Waals surface area contributed by atoms with Crippen molar-refractivity contribution in [2.24, 2.45) is 5.92 Å². The number of carbonyl (C=O) groups is 1. The average Bonchev–Trinajstić information content (AvgIpc) is 2.82. The van der Waals surface area contributed by atoms with E-state index in [-0.39, 0.29) is 5.91 Å². The SMILES string of the molecule is CC1CCCC(NC(=O)c2cc3ccccc3[nH]2)C1. The Morgan fingerprint density at radius 2 is 2.16 bits per heavy atom. The molecule has 3 rings (SSSR count). The van der Waals surface area contributed by atoms with E-state index in [4.69, 9.17) is 0 Å². The number of amides is 1. The van der Waals surface area contributed by atoms with Gasteiger partial charge in [0.05, 0.1) is 0 Å². The molecule has 1 saturated carbocycles. The number of aromatic amines is 1. The molecular formula is C16H20N2O. The molecule has 0 aliphatic heterocycles. The number of carbonyl (C=O) groups excluding carboxylic acids is 1. The van der Waals surface area contributed by atoms with Crippen LogP contribution >= 0.6 is 0 Å². The summed E-state index contributed by atoms with van der Waals surface area (Å²) in [6.07, 6.45) is 4.72. The lowest BCUT2D eigenvalue weighted by atomic mass is 9.87. The third kappa shape index (κ3) is 2.65. The van der Waals surface area contributed by atoms with E-state index >= 15 is 0 Å². The number of H-pyrrole nitrogens is 1. The van der Waals surface area contributed by atoms with Crippen LogP contribution in [0.25, 0.3) is 10.9 Å². The first-order valence-corrected chi connectivity index (χ1v) is 7.11. The fraction of sp³-hybridized carbons (Fsp3) is 0.438. The van der Waals surface area contributed by atoms with Gasteiger partial charge in [0.1, 0.15) is 5.69 Å². The van der Waals surface area contributed by atoms with Crippen molar-refractivity contribution in [2.75, 3.05) is 0 Å². The Hall–Kier alpha value is -1.77. The Kier molecular flexibility index (Phi) is 3.28. The number of hydrogen-bond acceptors (Lipinski definition) is 1. The van der Waals surface area contributed by atoms with E-state index in [0.717, 1.165) is 29.7 Å². The Morgan fingerprint density at radius 1 is 1.32 bits per heavy atom. The summed E-state index contributed by atoms with van der Waals surface area (Å²) < 4.78 is 0. The van der Waals surface area contributed by atoms with E-state index in [1.807, 2.05) is 30.3 Å². The molecule has 1 heterocycles. The number of aromatic nitrogens is 1. The van der Waals surface area contributed by atoms with E-state index < -0.39 is 0 Å². The lowest BCUT2D eigenvalue weighted by Crippen LogP contribution is -2.38. The van der Waals surface area contributed by atoms with Crippen LogP contribution in [0, 0.1) is 5.92 Å². The minimum atomic E-state index is 0.0234. The highest BCUT2D eigenvalue weighted by Crippen LogP contribution is 2.24. The van der Waals surface area contributed by atoms with E-state index in [0.29, 0.717) is 11.7 Å². The molecule has 1 amide bonds. The first-order chi connectivity index (χ1) is 9.22. The van der Waals surface area contributed by atoms with Gasteiger partial charge in [-0.1, -0.05) is 38.0 Å². The van der Waals surface area contributed by atoms with Gasteiger partial charge in [-0.25, -0.2) is 0 Å². The maximum atomic E-state index is 12.2. The quantitative estimate of drug-likeness (QED) is 0.849. The summed E-state index contributed by atoms with van der Waals surface area (Å²) in [7, 11) is 0. The standard InChI is InChI=1S/C16H20N2O/c1-11-5-4-7-13(9-11)17-16(19)15-10-12-6-2-3-8-14(12)18-15/h2-3,6,8,10-11,13,18H,4-5,7,9H2,1H3,(H,17,19). The smallest absolute Gasteiger partial charge is 0.267 e. The lowest BCUT2D eigenvalue weighted by molar-refractivity contribution is 0.0917. The second-order valence-corrected chi connectivity index (χ2v) is 5.71. The van der Waals surface area contributed by atoms with Gasteiger partial charge in [0.25, 0.3) is 5.91 Å². The number of benzene rings is 1. The third-order valence-corrected chi connectivity index (χ3v) is 4.05. The topological polar surface area (TPSA) is 44.9 Å². The molecule has 3 heteroatoms. The van der Waals surface area contributed by atoms with Gasteiger partial charge in [-0.2, -0.15) is 0 Å². The average molecular weight is 256 g/mol. The molecular weight excluding hydrogens is 236 g/mol. The molecule has 0 spiro atoms. The first kappa shape index (κ1) is 12.3. The van der Waals surface area contributed by atoms with Gasteiger partial charge in [0.15, 0.2) is 0 Å². The van der Waals surface area contributed by atoms with Gasteiger partial charge in [0, 0.05) is 16.9 Å². The number of nitrogens with one attached hydrogen (secondary N) is 2. The van der Waals surface area contributed by atoms with Crippen molar-refractivity contribution >= 4 is 16.8 Å². The summed E-state index contributed by atoms with van der Waals surface area (Å²) in [5.41, 5.74) is 1.68. The summed E-state index contributed by atoms with van der Waals surface area (Å²) in [4.78, 5) is 15.4. The maximum Gasteiger partial charge on any atom is 0.267 e. The zero-order valence-corrected chi connectivity index (χ0v) is 11.3. The van der Waals surface area contributed by atoms with Crippen LogP contribution in [-0.2, 0) is 0 Å². The molecule has 0 bridgehead atoms. The molecule has 1 aliphatic rings. The molecule has 1 aromatic carbocycles. The lowest BCUT2D eigenvalue weighted by Gasteiger charge is -2.27. The fourth-order valence-corrected chi connectivity index (χ4v) is 3.02. The molecule has 19 heavy (non-hydrogen) atoms. The predicted octanol–water partition coefficient (Wildman–Crippen LogP) is 3.48. The molecule has 1 aromatic heterocycles. The second kappa shape index (κ2) is 5.08. The van der Waals surface area contributed by atoms with Crippen LogP contribution in [0.15, 0.2) is 30.3 Å². The normalized spacial score (nSPS) is 23.4. The van der Waals surface area contributed by atoms with Crippen LogP contribution < -0.4 is 5.32 Å². The summed E-state index contributed by atoms with van der Waals surface area (Å²) in [5, 5.41) is 4.24. The Labute approximate surface area is 113 Å². The number of hydrogen-bond donors (Lipinski definition) is 2. The Bertz CT molecular complexity index is 554. The van der Waals surface area contributed by atoms with Crippen molar-refractivity contribution in [2.45, 2.75) is 38.6 Å². The minimum absolute atomic E-state index is 0.0234. The van der Waals surface area contributed by atoms with Gasteiger partial charge in [-0.05, 0) is 30.9 Å². The molecule has 3 nitrogen and oxygen atoms in total. The zero-order valence-electron chi connectivity index (χ0n) is 11.3. The molecule has 1 fully saturated rings. The summed E-state index contributed by atoms with van der Waals surface area (Å²) in [6, 6.07) is 10.2. The predicted molar refractivity (Wildman–Crippen MR) is 77.2 cm³/mol. The first-order valence-electron chi connectivity index (χ1n) is 7.11. The Morgan fingerprint density at radius 3 is 2.95 bits per heavy atom. The second-order valence-electron chi connectivity index (χ2n) is 5.71. The summed E-state index contributed by atoms with van der Waals surface area (Å²) >= 11 is 0. The van der Waals surface area contributed by atoms with Gasteiger partial charge in [-0.3, -0.25) is 4.79 Å². The number of fused-ring (bicyclic) bond motifs is 1. The van der Waals surface area contributed by atoms with Crippen LogP contribution in [-0.4, -0.2) is 16.9 Å². The van der Waals surface area contributed by atoms with Crippen LogP contribution in [0.3, 0.4) is 0 Å². The Balaban J connectivity index is 1.72.